The second-order valence-corrected chi connectivity index (χ2v) is 4.76. The Labute approximate surface area is 90.7 Å². The summed E-state index contributed by atoms with van der Waals surface area (Å²) in [4.78, 5) is 13.0. The summed E-state index contributed by atoms with van der Waals surface area (Å²) in [6.45, 7) is 0. The van der Waals surface area contributed by atoms with Crippen LogP contribution in [0.1, 0.15) is 14.5 Å². The van der Waals surface area contributed by atoms with Gasteiger partial charge in [-0.2, -0.15) is 0 Å². The molecule has 0 amide bonds. The largest absolute Gasteiger partial charge is 0.287 e. The van der Waals surface area contributed by atoms with Crippen molar-refractivity contribution in [3.8, 4) is 0 Å². The normalized spacial score (nSPS) is 10.2. The van der Waals surface area contributed by atoms with Gasteiger partial charge in [0, 0.05) is 4.47 Å². The molecule has 0 saturated heterocycles. The molecule has 0 saturated carbocycles. The lowest BCUT2D eigenvalue weighted by Crippen LogP contribution is -1.95. The summed E-state index contributed by atoms with van der Waals surface area (Å²) in [5.74, 6) is -0.0168. The van der Waals surface area contributed by atoms with E-state index in [0.29, 0.717) is 9.75 Å². The zero-order valence-corrected chi connectivity index (χ0v) is 9.45. The van der Waals surface area contributed by atoms with E-state index in [0.717, 1.165) is 16.0 Å². The van der Waals surface area contributed by atoms with Crippen molar-refractivity contribution < 1.29 is 4.79 Å². The maximum atomic E-state index is 11.7. The molecule has 0 fully saturated rings. The van der Waals surface area contributed by atoms with E-state index in [1.807, 2.05) is 11.4 Å². The number of rotatable bonds is 2. The molecule has 2 aromatic rings. The van der Waals surface area contributed by atoms with Crippen molar-refractivity contribution in [1.29, 1.82) is 0 Å². The van der Waals surface area contributed by atoms with Gasteiger partial charge in [-0.3, -0.25) is 4.79 Å². The van der Waals surface area contributed by atoms with Crippen molar-refractivity contribution >= 4 is 44.6 Å². The third-order valence-electron chi connectivity index (χ3n) is 1.41. The molecule has 6 heteroatoms. The first kappa shape index (κ1) is 8.98. The smallest absolute Gasteiger partial charge is 0.217 e. The maximum Gasteiger partial charge on any atom is 0.217 e. The van der Waals surface area contributed by atoms with Crippen LogP contribution < -0.4 is 0 Å². The second-order valence-electron chi connectivity index (χ2n) is 2.21. The van der Waals surface area contributed by atoms with Gasteiger partial charge in [0.25, 0.3) is 0 Å². The second kappa shape index (κ2) is 3.65. The summed E-state index contributed by atoms with van der Waals surface area (Å²) in [5.41, 5.74) is 0. The molecule has 66 valence electrons. The average molecular weight is 275 g/mol. The number of halogens is 1. The number of thiophene rings is 1. The third-order valence-corrected chi connectivity index (χ3v) is 3.91. The summed E-state index contributed by atoms with van der Waals surface area (Å²) in [5, 5.41) is 5.49. The van der Waals surface area contributed by atoms with Crippen LogP contribution in [0.5, 0.6) is 0 Å². The highest BCUT2D eigenvalue weighted by Crippen LogP contribution is 2.25. The van der Waals surface area contributed by atoms with Gasteiger partial charge in [0.2, 0.25) is 5.78 Å². The Bertz CT molecular complexity index is 423. The number of carbonyl (C=O) groups excluding carboxylic acids is 1. The molecule has 0 spiro atoms. The van der Waals surface area contributed by atoms with Gasteiger partial charge in [0.05, 0.1) is 11.1 Å². The molecule has 13 heavy (non-hydrogen) atoms. The Hall–Kier alpha value is -0.590. The number of carbonyl (C=O) groups is 1. The van der Waals surface area contributed by atoms with Gasteiger partial charge in [0.1, 0.15) is 4.88 Å². The number of hydrogen-bond acceptors (Lipinski definition) is 5. The van der Waals surface area contributed by atoms with Crippen LogP contribution in [0.3, 0.4) is 0 Å². The fraction of sp³-hybridized carbons (Fsp3) is 0. The van der Waals surface area contributed by atoms with E-state index in [-0.39, 0.29) is 5.78 Å². The van der Waals surface area contributed by atoms with Crippen LogP contribution in [0.2, 0.25) is 0 Å². The molecule has 0 radical (unpaired) electrons. The number of aromatic nitrogens is 2. The molecule has 2 aromatic heterocycles. The summed E-state index contributed by atoms with van der Waals surface area (Å²) in [7, 11) is 0. The Balaban J connectivity index is 2.39. The average Bonchev–Trinajstić information content (AvgIpc) is 2.72. The molecule has 3 nitrogen and oxygen atoms in total. The van der Waals surface area contributed by atoms with E-state index in [1.165, 1.54) is 17.5 Å². The van der Waals surface area contributed by atoms with E-state index in [1.54, 1.807) is 0 Å². The third kappa shape index (κ3) is 1.70. The van der Waals surface area contributed by atoms with E-state index in [9.17, 15) is 4.79 Å². The first-order valence-electron chi connectivity index (χ1n) is 3.34. The predicted molar refractivity (Wildman–Crippen MR) is 55.4 cm³/mol. The minimum atomic E-state index is -0.0168. The minimum absolute atomic E-state index is 0.0168. The molecule has 0 unspecified atom stereocenters. The topological polar surface area (TPSA) is 42.9 Å². The molecule has 0 aliphatic heterocycles. The van der Waals surface area contributed by atoms with Crippen molar-refractivity contribution in [2.75, 3.05) is 0 Å². The molecule has 0 aliphatic rings. The Morgan fingerprint density at radius 1 is 1.54 bits per heavy atom. The lowest BCUT2D eigenvalue weighted by Gasteiger charge is -1.91. The Morgan fingerprint density at radius 3 is 2.92 bits per heavy atom. The van der Waals surface area contributed by atoms with Gasteiger partial charge < -0.3 is 0 Å². The summed E-state index contributed by atoms with van der Waals surface area (Å²) in [6.07, 6.45) is 1.49. The summed E-state index contributed by atoms with van der Waals surface area (Å²) >= 11 is 5.83. The Morgan fingerprint density at radius 2 is 2.38 bits per heavy atom. The lowest BCUT2D eigenvalue weighted by atomic mass is 10.3. The molecule has 0 aromatic carbocycles. The highest BCUT2D eigenvalue weighted by atomic mass is 79.9. The first-order valence-corrected chi connectivity index (χ1v) is 5.78. The minimum Gasteiger partial charge on any atom is -0.287 e. The van der Waals surface area contributed by atoms with Crippen LogP contribution in [-0.4, -0.2) is 15.4 Å². The van der Waals surface area contributed by atoms with Crippen LogP contribution in [0.25, 0.3) is 0 Å². The van der Waals surface area contributed by atoms with Crippen molar-refractivity contribution in [1.82, 2.24) is 9.59 Å². The molecule has 0 bridgehead atoms. The summed E-state index contributed by atoms with van der Waals surface area (Å²) < 4.78 is 4.47. The van der Waals surface area contributed by atoms with Crippen molar-refractivity contribution in [2.45, 2.75) is 0 Å². The SMILES string of the molecule is O=C(c1cnns1)c1sccc1Br. The van der Waals surface area contributed by atoms with Gasteiger partial charge >= 0.3 is 0 Å². The van der Waals surface area contributed by atoms with Gasteiger partial charge in [-0.05, 0) is 38.9 Å². The van der Waals surface area contributed by atoms with E-state index >= 15 is 0 Å². The molecular formula is C7H3BrN2OS2. The van der Waals surface area contributed by atoms with Crippen molar-refractivity contribution in [2.24, 2.45) is 0 Å². The standard InChI is InChI=1S/C7H3BrN2OS2/c8-4-1-2-12-7(4)6(11)5-3-9-10-13-5/h1-3H. The monoisotopic (exact) mass is 274 g/mol. The molecule has 2 heterocycles. The number of ketones is 1. The lowest BCUT2D eigenvalue weighted by molar-refractivity contribution is 0.104. The molecule has 0 N–H and O–H groups in total. The fourth-order valence-electron chi connectivity index (χ4n) is 0.835. The molecule has 0 atom stereocenters. The predicted octanol–water partition coefficient (Wildman–Crippen LogP) is 2.59. The van der Waals surface area contributed by atoms with Crippen molar-refractivity contribution in [3.63, 3.8) is 0 Å². The highest BCUT2D eigenvalue weighted by molar-refractivity contribution is 9.10. The molecule has 0 aliphatic carbocycles. The van der Waals surface area contributed by atoms with Crippen LogP contribution in [-0.2, 0) is 0 Å². The first-order chi connectivity index (χ1) is 6.29. The van der Waals surface area contributed by atoms with Crippen LogP contribution >= 0.6 is 38.8 Å². The Kier molecular flexibility index (Phi) is 2.52. The van der Waals surface area contributed by atoms with Gasteiger partial charge in [-0.1, -0.05) is 4.49 Å². The number of hydrogen-bond donors (Lipinski definition) is 0. The summed E-state index contributed by atoms with van der Waals surface area (Å²) in [6, 6.07) is 1.85. The van der Waals surface area contributed by atoms with E-state index in [2.05, 4.69) is 25.5 Å². The van der Waals surface area contributed by atoms with E-state index < -0.39 is 0 Å². The molecular weight excluding hydrogens is 272 g/mol. The van der Waals surface area contributed by atoms with Gasteiger partial charge in [0.15, 0.2) is 0 Å². The van der Waals surface area contributed by atoms with Crippen LogP contribution in [0, 0.1) is 0 Å². The van der Waals surface area contributed by atoms with Gasteiger partial charge in [-0.15, -0.1) is 16.4 Å². The van der Waals surface area contributed by atoms with Crippen LogP contribution in [0.4, 0.5) is 0 Å². The zero-order chi connectivity index (χ0) is 9.26. The quantitative estimate of drug-likeness (QED) is 0.791. The van der Waals surface area contributed by atoms with E-state index in [4.69, 9.17) is 0 Å². The fourth-order valence-corrected chi connectivity index (χ4v) is 2.87. The molecule has 2 rings (SSSR count). The number of nitrogens with zero attached hydrogens (tertiary/aromatic N) is 2. The van der Waals surface area contributed by atoms with Crippen molar-refractivity contribution in [3.05, 3.63) is 31.9 Å². The van der Waals surface area contributed by atoms with Gasteiger partial charge in [-0.25, -0.2) is 0 Å². The van der Waals surface area contributed by atoms with Crippen LogP contribution in [0.15, 0.2) is 22.1 Å². The zero-order valence-electron chi connectivity index (χ0n) is 6.23. The maximum absolute atomic E-state index is 11.7. The highest BCUT2D eigenvalue weighted by Gasteiger charge is 2.15.